The maximum Gasteiger partial charge on any atom is 0.175 e. The van der Waals surface area contributed by atoms with Crippen molar-refractivity contribution in [1.82, 2.24) is 0 Å². The second kappa shape index (κ2) is 7.02. The molecule has 25 heavy (non-hydrogen) atoms. The van der Waals surface area contributed by atoms with Crippen LogP contribution in [0.1, 0.15) is 37.8 Å². The number of phenolic OH excluding ortho intramolecular Hbond substituents is 1. The van der Waals surface area contributed by atoms with Crippen LogP contribution in [0.3, 0.4) is 0 Å². The molecule has 0 aromatic heterocycles. The molecule has 1 aliphatic heterocycles. The molecular weight excluding hydrogens is 320 g/mol. The normalized spacial score (nSPS) is 28.6. The number of carbonyl (C=O) groups excluding carboxylic acids is 1. The second-order valence-electron chi connectivity index (χ2n) is 7.12. The standard InChI is InChI=1S/C20H24O5/c1-11(2)3-4-13-7-12(5-6-16(13)22)15-10-25-18-9-14(21)8-17(23)19(18)20(15)24/h3,5-7,10,14,17-19,21-23H,4,8-9H2,1-2H3. The first-order valence-corrected chi connectivity index (χ1v) is 8.58. The van der Waals surface area contributed by atoms with E-state index in [-0.39, 0.29) is 18.0 Å². The topological polar surface area (TPSA) is 87.0 Å². The van der Waals surface area contributed by atoms with Crippen LogP contribution in [0.25, 0.3) is 5.57 Å². The molecule has 5 nitrogen and oxygen atoms in total. The van der Waals surface area contributed by atoms with Gasteiger partial charge in [-0.1, -0.05) is 17.7 Å². The van der Waals surface area contributed by atoms with Crippen LogP contribution in [0, 0.1) is 5.92 Å². The molecule has 0 spiro atoms. The van der Waals surface area contributed by atoms with Crippen molar-refractivity contribution in [1.29, 1.82) is 0 Å². The molecule has 0 radical (unpaired) electrons. The van der Waals surface area contributed by atoms with Crippen molar-refractivity contribution in [2.45, 2.75) is 51.4 Å². The summed E-state index contributed by atoms with van der Waals surface area (Å²) in [4.78, 5) is 12.9. The van der Waals surface area contributed by atoms with Crippen LogP contribution < -0.4 is 0 Å². The van der Waals surface area contributed by atoms with Crippen molar-refractivity contribution in [3.8, 4) is 5.75 Å². The van der Waals surface area contributed by atoms with Crippen molar-refractivity contribution < 1.29 is 24.9 Å². The molecule has 1 aromatic carbocycles. The molecule has 134 valence electrons. The van der Waals surface area contributed by atoms with Crippen LogP contribution in [0.4, 0.5) is 0 Å². The Hall–Kier alpha value is -2.11. The van der Waals surface area contributed by atoms with Gasteiger partial charge in [-0.2, -0.15) is 0 Å². The number of hydrogen-bond donors (Lipinski definition) is 3. The first kappa shape index (κ1) is 17.7. The van der Waals surface area contributed by atoms with Gasteiger partial charge in [0.05, 0.1) is 30.0 Å². The molecule has 1 aromatic rings. The lowest BCUT2D eigenvalue weighted by Gasteiger charge is -2.39. The fourth-order valence-electron chi connectivity index (χ4n) is 3.50. The van der Waals surface area contributed by atoms with E-state index >= 15 is 0 Å². The van der Waals surface area contributed by atoms with Crippen molar-refractivity contribution in [2.24, 2.45) is 5.92 Å². The van der Waals surface area contributed by atoms with Crippen LogP contribution >= 0.6 is 0 Å². The summed E-state index contributed by atoms with van der Waals surface area (Å²) in [6.45, 7) is 3.97. The highest BCUT2D eigenvalue weighted by Gasteiger charge is 2.45. The molecule has 3 N–H and O–H groups in total. The number of aromatic hydroxyl groups is 1. The van der Waals surface area contributed by atoms with Gasteiger partial charge in [-0.15, -0.1) is 0 Å². The zero-order valence-electron chi connectivity index (χ0n) is 14.5. The molecule has 4 atom stereocenters. The van der Waals surface area contributed by atoms with E-state index in [0.717, 1.165) is 11.1 Å². The highest BCUT2D eigenvalue weighted by Crippen LogP contribution is 2.37. The number of aliphatic hydroxyl groups excluding tert-OH is 2. The Morgan fingerprint density at radius 2 is 2.04 bits per heavy atom. The molecule has 4 unspecified atom stereocenters. The van der Waals surface area contributed by atoms with E-state index in [2.05, 4.69) is 0 Å². The average molecular weight is 344 g/mol. The largest absolute Gasteiger partial charge is 0.508 e. The van der Waals surface area contributed by atoms with E-state index in [1.54, 1.807) is 18.2 Å². The van der Waals surface area contributed by atoms with Gasteiger partial charge in [0.1, 0.15) is 11.9 Å². The maximum absolute atomic E-state index is 12.9. The first-order valence-electron chi connectivity index (χ1n) is 8.58. The maximum atomic E-state index is 12.9. The molecule has 1 saturated carbocycles. The molecule has 0 amide bonds. The summed E-state index contributed by atoms with van der Waals surface area (Å²) in [5.74, 6) is -0.641. The Morgan fingerprint density at radius 3 is 2.76 bits per heavy atom. The van der Waals surface area contributed by atoms with Crippen LogP contribution in [-0.4, -0.2) is 39.4 Å². The average Bonchev–Trinajstić information content (AvgIpc) is 2.54. The van der Waals surface area contributed by atoms with Crippen LogP contribution in [-0.2, 0) is 16.0 Å². The summed E-state index contributed by atoms with van der Waals surface area (Å²) in [5.41, 5.74) is 2.94. The highest BCUT2D eigenvalue weighted by atomic mass is 16.5. The molecular formula is C20H24O5. The molecule has 1 heterocycles. The van der Waals surface area contributed by atoms with E-state index in [4.69, 9.17) is 4.74 Å². The zero-order chi connectivity index (χ0) is 18.1. The number of allylic oxidation sites excluding steroid dienone is 3. The second-order valence-corrected chi connectivity index (χ2v) is 7.12. The first-order chi connectivity index (χ1) is 11.9. The van der Waals surface area contributed by atoms with Gasteiger partial charge in [0.25, 0.3) is 0 Å². The third-order valence-corrected chi connectivity index (χ3v) is 4.88. The minimum atomic E-state index is -0.910. The van der Waals surface area contributed by atoms with Gasteiger partial charge in [0, 0.05) is 12.8 Å². The summed E-state index contributed by atoms with van der Waals surface area (Å²) in [6.07, 6.45) is 2.49. The van der Waals surface area contributed by atoms with Gasteiger partial charge in [-0.3, -0.25) is 4.79 Å². The van der Waals surface area contributed by atoms with Crippen molar-refractivity contribution in [2.75, 3.05) is 0 Å². The molecule has 1 fully saturated rings. The van der Waals surface area contributed by atoms with Crippen molar-refractivity contribution in [3.05, 3.63) is 47.2 Å². The van der Waals surface area contributed by atoms with E-state index in [1.165, 1.54) is 6.26 Å². The number of rotatable bonds is 3. The Balaban J connectivity index is 1.90. The number of hydrogen-bond acceptors (Lipinski definition) is 5. The SMILES string of the molecule is CC(C)=CCc1cc(C2=COC3CC(O)CC(O)C3C2=O)ccc1O. The molecule has 5 heteroatoms. The number of ether oxygens (including phenoxy) is 1. The van der Waals surface area contributed by atoms with Crippen LogP contribution in [0.2, 0.25) is 0 Å². The number of benzene rings is 1. The molecule has 0 bridgehead atoms. The third-order valence-electron chi connectivity index (χ3n) is 4.88. The van der Waals surface area contributed by atoms with Gasteiger partial charge >= 0.3 is 0 Å². The summed E-state index contributed by atoms with van der Waals surface area (Å²) >= 11 is 0. The molecule has 2 aliphatic rings. The summed E-state index contributed by atoms with van der Waals surface area (Å²) < 4.78 is 5.65. The van der Waals surface area contributed by atoms with Crippen LogP contribution in [0.5, 0.6) is 5.75 Å². The van der Waals surface area contributed by atoms with Crippen LogP contribution in [0.15, 0.2) is 36.1 Å². The highest BCUT2D eigenvalue weighted by molar-refractivity contribution is 6.22. The zero-order valence-corrected chi connectivity index (χ0v) is 14.5. The number of ketones is 1. The molecule has 1 aliphatic carbocycles. The van der Waals surface area contributed by atoms with Crippen molar-refractivity contribution in [3.63, 3.8) is 0 Å². The van der Waals surface area contributed by atoms with Gasteiger partial charge in [-0.05, 0) is 43.5 Å². The minimum Gasteiger partial charge on any atom is -0.508 e. The lowest BCUT2D eigenvalue weighted by atomic mass is 9.76. The Bertz CT molecular complexity index is 730. The number of fused-ring (bicyclic) bond motifs is 1. The summed E-state index contributed by atoms with van der Waals surface area (Å²) in [6, 6.07) is 5.04. The predicted molar refractivity (Wildman–Crippen MR) is 93.8 cm³/mol. The van der Waals surface area contributed by atoms with E-state index in [1.807, 2.05) is 19.9 Å². The minimum absolute atomic E-state index is 0.172. The molecule has 0 saturated heterocycles. The van der Waals surface area contributed by atoms with Gasteiger partial charge in [0.15, 0.2) is 5.78 Å². The van der Waals surface area contributed by atoms with E-state index in [0.29, 0.717) is 24.0 Å². The third kappa shape index (κ3) is 3.62. The number of Topliss-reactive ketones (excluding diaryl/α,β-unsaturated/α-hetero) is 1. The predicted octanol–water partition coefficient (Wildman–Crippen LogP) is 2.34. The monoisotopic (exact) mass is 344 g/mol. The van der Waals surface area contributed by atoms with E-state index in [9.17, 15) is 20.1 Å². The molecule has 3 rings (SSSR count). The lowest BCUT2D eigenvalue weighted by Crippen LogP contribution is -2.48. The number of aliphatic hydroxyl groups is 2. The van der Waals surface area contributed by atoms with E-state index < -0.39 is 24.2 Å². The number of carbonyl (C=O) groups is 1. The fraction of sp³-hybridized carbons (Fsp3) is 0.450. The quantitative estimate of drug-likeness (QED) is 0.733. The van der Waals surface area contributed by atoms with Gasteiger partial charge in [-0.25, -0.2) is 0 Å². The fourth-order valence-corrected chi connectivity index (χ4v) is 3.50. The van der Waals surface area contributed by atoms with Gasteiger partial charge < -0.3 is 20.1 Å². The summed E-state index contributed by atoms with van der Waals surface area (Å²) in [5, 5.41) is 30.0. The Kier molecular flexibility index (Phi) is 4.97. The Labute approximate surface area is 147 Å². The Morgan fingerprint density at radius 1 is 1.28 bits per heavy atom. The summed E-state index contributed by atoms with van der Waals surface area (Å²) in [7, 11) is 0. The van der Waals surface area contributed by atoms with Gasteiger partial charge in [0.2, 0.25) is 0 Å². The van der Waals surface area contributed by atoms with Crippen molar-refractivity contribution >= 4 is 11.4 Å². The smallest absolute Gasteiger partial charge is 0.175 e. The lowest BCUT2D eigenvalue weighted by molar-refractivity contribution is -0.137. The number of phenols is 1.